The molecule has 136 valence electrons. The number of nitrogens with zero attached hydrogens (tertiary/aromatic N) is 3. The average Bonchev–Trinajstić information content (AvgIpc) is 3.37. The highest BCUT2D eigenvalue weighted by atomic mass is 32.1. The molecule has 0 bridgehead atoms. The number of thiazole rings is 1. The van der Waals surface area contributed by atoms with E-state index in [0.29, 0.717) is 17.5 Å². The Bertz CT molecular complexity index is 1030. The van der Waals surface area contributed by atoms with Crippen molar-refractivity contribution in [2.24, 2.45) is 0 Å². The van der Waals surface area contributed by atoms with Gasteiger partial charge in [0.25, 0.3) is 5.89 Å². The van der Waals surface area contributed by atoms with Crippen LogP contribution in [0.1, 0.15) is 17.8 Å². The highest BCUT2D eigenvalue weighted by molar-refractivity contribution is 7.09. The van der Waals surface area contributed by atoms with Crippen LogP contribution in [0.2, 0.25) is 0 Å². The first-order valence-corrected chi connectivity index (χ1v) is 9.35. The highest BCUT2D eigenvalue weighted by Gasteiger charge is 2.10. The predicted octanol–water partition coefficient (Wildman–Crippen LogP) is 5.14. The highest BCUT2D eigenvalue weighted by Crippen LogP contribution is 2.25. The molecule has 0 spiro atoms. The maximum absolute atomic E-state index is 12.9. The van der Waals surface area contributed by atoms with E-state index in [1.165, 1.54) is 12.1 Å². The van der Waals surface area contributed by atoms with Crippen molar-refractivity contribution in [2.75, 3.05) is 0 Å². The van der Waals surface area contributed by atoms with Gasteiger partial charge in [0.1, 0.15) is 11.6 Å². The van der Waals surface area contributed by atoms with Crippen molar-refractivity contribution in [1.82, 2.24) is 15.1 Å². The van der Waals surface area contributed by atoms with Crippen molar-refractivity contribution in [1.29, 1.82) is 0 Å². The van der Waals surface area contributed by atoms with Crippen molar-refractivity contribution in [2.45, 2.75) is 20.0 Å². The van der Waals surface area contributed by atoms with Crippen molar-refractivity contribution < 1.29 is 13.7 Å². The van der Waals surface area contributed by atoms with Crippen LogP contribution in [0.25, 0.3) is 22.6 Å². The molecule has 0 radical (unpaired) electrons. The molecular formula is C20H16FN3O2S. The summed E-state index contributed by atoms with van der Waals surface area (Å²) >= 11 is 1.67. The maximum atomic E-state index is 12.9. The number of aryl methyl sites for hydroxylation is 1. The van der Waals surface area contributed by atoms with Gasteiger partial charge in [-0.3, -0.25) is 0 Å². The zero-order chi connectivity index (χ0) is 18.6. The van der Waals surface area contributed by atoms with Gasteiger partial charge in [-0.25, -0.2) is 9.37 Å². The van der Waals surface area contributed by atoms with Gasteiger partial charge in [0, 0.05) is 16.5 Å². The lowest BCUT2D eigenvalue weighted by Gasteiger charge is -2.01. The van der Waals surface area contributed by atoms with E-state index >= 15 is 0 Å². The van der Waals surface area contributed by atoms with E-state index in [9.17, 15) is 4.39 Å². The third-order valence-electron chi connectivity index (χ3n) is 3.94. The number of aromatic nitrogens is 3. The normalized spacial score (nSPS) is 10.9. The number of rotatable bonds is 6. The fraction of sp³-hybridized carbons (Fsp3) is 0.150. The fourth-order valence-electron chi connectivity index (χ4n) is 2.50. The Kier molecular flexibility index (Phi) is 4.93. The second-order valence-corrected chi connectivity index (χ2v) is 6.75. The lowest BCUT2D eigenvalue weighted by atomic mass is 10.1. The van der Waals surface area contributed by atoms with Gasteiger partial charge in [-0.15, -0.1) is 11.3 Å². The zero-order valence-electron chi connectivity index (χ0n) is 14.6. The number of ether oxygens (including phenoxy) is 1. The molecule has 27 heavy (non-hydrogen) atoms. The molecule has 0 N–H and O–H groups in total. The molecule has 0 atom stereocenters. The molecule has 2 heterocycles. The van der Waals surface area contributed by atoms with Crippen LogP contribution in [0.4, 0.5) is 4.39 Å². The summed E-state index contributed by atoms with van der Waals surface area (Å²) in [4.78, 5) is 8.94. The van der Waals surface area contributed by atoms with E-state index in [1.807, 2.05) is 24.3 Å². The Hall–Kier alpha value is -3.06. The quantitative estimate of drug-likeness (QED) is 0.463. The van der Waals surface area contributed by atoms with Crippen LogP contribution >= 0.6 is 11.3 Å². The topological polar surface area (TPSA) is 61.0 Å². The summed E-state index contributed by atoms with van der Waals surface area (Å²) in [5, 5.41) is 7.18. The Labute approximate surface area is 159 Å². The molecule has 0 saturated carbocycles. The largest absolute Gasteiger partial charge is 0.484 e. The summed E-state index contributed by atoms with van der Waals surface area (Å²) in [5.41, 5.74) is 2.88. The summed E-state index contributed by atoms with van der Waals surface area (Å²) in [5.74, 6) is 1.07. The third-order valence-corrected chi connectivity index (χ3v) is 4.93. The maximum Gasteiger partial charge on any atom is 0.264 e. The van der Waals surface area contributed by atoms with E-state index in [4.69, 9.17) is 9.26 Å². The molecule has 0 unspecified atom stereocenters. The SMILES string of the molecule is CCc1nc(-c2ccc(-c3noc(COc4ccc(F)cc4)n3)cc2)cs1. The molecule has 2 aromatic carbocycles. The summed E-state index contributed by atoms with van der Waals surface area (Å²) in [7, 11) is 0. The van der Waals surface area contributed by atoms with Crippen LogP contribution in [-0.4, -0.2) is 15.1 Å². The van der Waals surface area contributed by atoms with Crippen molar-refractivity contribution in [3.05, 3.63) is 70.6 Å². The number of hydrogen-bond acceptors (Lipinski definition) is 6. The lowest BCUT2D eigenvalue weighted by molar-refractivity contribution is 0.242. The van der Waals surface area contributed by atoms with E-state index < -0.39 is 0 Å². The molecule has 0 saturated heterocycles. The minimum absolute atomic E-state index is 0.120. The molecule has 0 aliphatic rings. The minimum Gasteiger partial charge on any atom is -0.484 e. The Morgan fingerprint density at radius 1 is 1.00 bits per heavy atom. The first-order valence-electron chi connectivity index (χ1n) is 8.47. The van der Waals surface area contributed by atoms with Gasteiger partial charge in [0.15, 0.2) is 6.61 Å². The molecule has 0 amide bonds. The molecule has 4 aromatic rings. The Morgan fingerprint density at radius 2 is 1.74 bits per heavy atom. The van der Waals surface area contributed by atoms with Gasteiger partial charge in [0.2, 0.25) is 5.82 Å². The molecule has 4 rings (SSSR count). The molecule has 0 aliphatic carbocycles. The average molecular weight is 381 g/mol. The first-order chi connectivity index (χ1) is 13.2. The smallest absolute Gasteiger partial charge is 0.264 e. The minimum atomic E-state index is -0.311. The first kappa shape index (κ1) is 17.4. The van der Waals surface area contributed by atoms with Crippen LogP contribution in [0.15, 0.2) is 58.4 Å². The monoisotopic (exact) mass is 381 g/mol. The predicted molar refractivity (Wildman–Crippen MR) is 101 cm³/mol. The van der Waals surface area contributed by atoms with E-state index in [-0.39, 0.29) is 12.4 Å². The van der Waals surface area contributed by atoms with Gasteiger partial charge < -0.3 is 9.26 Å². The Morgan fingerprint density at radius 3 is 2.44 bits per heavy atom. The van der Waals surface area contributed by atoms with Gasteiger partial charge in [0.05, 0.1) is 10.7 Å². The van der Waals surface area contributed by atoms with E-state index in [2.05, 4.69) is 27.4 Å². The molecule has 7 heteroatoms. The van der Waals surface area contributed by atoms with Gasteiger partial charge in [-0.1, -0.05) is 36.3 Å². The van der Waals surface area contributed by atoms with Crippen LogP contribution in [0, 0.1) is 5.82 Å². The second kappa shape index (κ2) is 7.67. The number of hydrogen-bond donors (Lipinski definition) is 0. The number of benzene rings is 2. The third kappa shape index (κ3) is 4.03. The zero-order valence-corrected chi connectivity index (χ0v) is 15.4. The van der Waals surface area contributed by atoms with Gasteiger partial charge >= 0.3 is 0 Å². The fourth-order valence-corrected chi connectivity index (χ4v) is 3.26. The summed E-state index contributed by atoms with van der Waals surface area (Å²) in [6, 6.07) is 13.6. The van der Waals surface area contributed by atoms with Crippen molar-refractivity contribution in [3.63, 3.8) is 0 Å². The van der Waals surface area contributed by atoms with Gasteiger partial charge in [-0.05, 0) is 30.7 Å². The molecule has 0 aliphatic heterocycles. The van der Waals surface area contributed by atoms with Crippen LogP contribution < -0.4 is 4.74 Å². The van der Waals surface area contributed by atoms with Crippen molar-refractivity contribution in [3.8, 4) is 28.4 Å². The molecule has 2 aromatic heterocycles. The lowest BCUT2D eigenvalue weighted by Crippen LogP contribution is -1.95. The van der Waals surface area contributed by atoms with Crippen LogP contribution in [0.3, 0.4) is 0 Å². The van der Waals surface area contributed by atoms with Crippen molar-refractivity contribution >= 4 is 11.3 Å². The van der Waals surface area contributed by atoms with E-state index in [1.54, 1.807) is 23.5 Å². The van der Waals surface area contributed by atoms with Gasteiger partial charge in [-0.2, -0.15) is 4.98 Å². The molecule has 5 nitrogen and oxygen atoms in total. The second-order valence-electron chi connectivity index (χ2n) is 5.81. The molecule has 0 fully saturated rings. The van der Waals surface area contributed by atoms with Crippen LogP contribution in [-0.2, 0) is 13.0 Å². The Balaban J connectivity index is 1.43. The summed E-state index contributed by atoms with van der Waals surface area (Å²) in [6.07, 6.45) is 0.939. The summed E-state index contributed by atoms with van der Waals surface area (Å²) < 4.78 is 23.6. The van der Waals surface area contributed by atoms with Crippen LogP contribution in [0.5, 0.6) is 5.75 Å². The number of halogens is 1. The standard InChI is InChI=1S/C20H16FN3O2S/c1-2-19-22-17(12-27-19)13-3-5-14(6-4-13)20-23-18(26-24-20)11-25-16-9-7-15(21)8-10-16/h3-10,12H,2,11H2,1H3. The summed E-state index contributed by atoms with van der Waals surface area (Å²) in [6.45, 7) is 2.22. The molecular weight excluding hydrogens is 365 g/mol. The van der Waals surface area contributed by atoms with E-state index in [0.717, 1.165) is 28.2 Å².